The first kappa shape index (κ1) is 19.1. The molecule has 21 heavy (non-hydrogen) atoms. The molecule has 0 aliphatic rings. The van der Waals surface area contributed by atoms with Gasteiger partial charge in [0.05, 0.1) is 0 Å². The molecule has 0 unspecified atom stereocenters. The van der Waals surface area contributed by atoms with Crippen LogP contribution in [0.5, 0.6) is 0 Å². The van der Waals surface area contributed by atoms with Gasteiger partial charge in [0, 0.05) is 0 Å². The molecule has 0 nitrogen and oxygen atoms in total. The molecule has 0 radical (unpaired) electrons. The molecule has 0 saturated carbocycles. The molecular weight excluding hydrogens is 388 g/mol. The molecule has 0 heterocycles. The van der Waals surface area contributed by atoms with Crippen LogP contribution in [0.25, 0.3) is 0 Å². The van der Waals surface area contributed by atoms with Crippen molar-refractivity contribution in [3.8, 4) is 0 Å². The van der Waals surface area contributed by atoms with E-state index in [9.17, 15) is 0 Å². The Hall–Kier alpha value is 0.0996. The molecule has 0 aliphatic heterocycles. The first-order valence-corrected chi connectivity index (χ1v) is 12.1. The molecule has 1 aromatic rings. The summed E-state index contributed by atoms with van der Waals surface area (Å²) in [5.74, 6) is 0. The van der Waals surface area contributed by atoms with E-state index in [2.05, 4.69) is 49.6 Å². The Morgan fingerprint density at radius 3 is 2.38 bits per heavy atom. The van der Waals surface area contributed by atoms with Crippen LogP contribution in [0.4, 0.5) is 0 Å². The van der Waals surface area contributed by atoms with Crippen LogP contribution < -0.4 is 0 Å². The van der Waals surface area contributed by atoms with E-state index in [0.717, 1.165) is 0 Å². The zero-order chi connectivity index (χ0) is 15.2. The van der Waals surface area contributed by atoms with Crippen molar-refractivity contribution >= 4 is 32.7 Å². The van der Waals surface area contributed by atoms with E-state index in [4.69, 9.17) is 0 Å². The van der Waals surface area contributed by atoms with Gasteiger partial charge in [-0.3, -0.25) is 0 Å². The van der Waals surface area contributed by atoms with E-state index in [1.165, 1.54) is 60.7 Å². The van der Waals surface area contributed by atoms with Crippen LogP contribution in [-0.2, 0) is 0 Å². The minimum atomic E-state index is 0.0820. The summed E-state index contributed by atoms with van der Waals surface area (Å²) in [7, 11) is 0. The van der Waals surface area contributed by atoms with Crippen LogP contribution in [0.3, 0.4) is 0 Å². The van der Waals surface area contributed by atoms with E-state index >= 15 is 0 Å². The van der Waals surface area contributed by atoms with Crippen LogP contribution in [0.2, 0.25) is 4.47 Å². The summed E-state index contributed by atoms with van der Waals surface area (Å²) in [5, 5.41) is 2.48. The van der Waals surface area contributed by atoms with Crippen molar-refractivity contribution in [1.82, 2.24) is 0 Å². The van der Waals surface area contributed by atoms with Crippen LogP contribution in [0.15, 0.2) is 44.3 Å². The standard InChI is InChI=1S/C19H30STe/c1-3-5-7-8-12-15-19(21-16-6-4-2)17-20-18-13-10-9-11-14-18/h9-11,13-14,17H,3-8,12,15-16H2,1-2H3/b19-17-. The molecule has 0 aromatic heterocycles. The predicted molar refractivity (Wildman–Crippen MR) is 99.2 cm³/mol. The topological polar surface area (TPSA) is 0 Å². The predicted octanol–water partition coefficient (Wildman–Crippen LogP) is 6.90. The molecule has 0 amide bonds. The number of unbranched alkanes of at least 4 members (excludes halogenated alkanes) is 5. The summed E-state index contributed by atoms with van der Waals surface area (Å²) in [6.07, 6.45) is 11.1. The second-order valence-electron chi connectivity index (χ2n) is 5.38. The van der Waals surface area contributed by atoms with E-state index in [1.54, 1.807) is 3.62 Å². The zero-order valence-electron chi connectivity index (χ0n) is 13.6. The van der Waals surface area contributed by atoms with E-state index in [-0.39, 0.29) is 20.9 Å². The fraction of sp³-hybridized carbons (Fsp3) is 0.579. The van der Waals surface area contributed by atoms with Crippen molar-refractivity contribution in [3.63, 3.8) is 0 Å². The van der Waals surface area contributed by atoms with Crippen LogP contribution in [0.1, 0.15) is 65.2 Å². The van der Waals surface area contributed by atoms with Gasteiger partial charge in [0.2, 0.25) is 0 Å². The second kappa shape index (κ2) is 13.7. The summed E-state index contributed by atoms with van der Waals surface area (Å²) < 4.78 is 3.27. The Labute approximate surface area is 146 Å². The third kappa shape index (κ3) is 10.5. The van der Waals surface area contributed by atoms with Gasteiger partial charge in [-0.15, -0.1) is 0 Å². The Balaban J connectivity index is 2.38. The third-order valence-corrected chi connectivity index (χ3v) is 8.18. The number of hydrogen-bond donors (Lipinski definition) is 0. The van der Waals surface area contributed by atoms with Gasteiger partial charge in [0.15, 0.2) is 0 Å². The average molecular weight is 418 g/mol. The molecule has 1 aromatic carbocycles. The first-order chi connectivity index (χ1) is 10.4. The number of thioether (sulfide) groups is 1. The summed E-state index contributed by atoms with van der Waals surface area (Å²) >= 11 is 2.01. The maximum absolute atomic E-state index is 2.48. The second-order valence-corrected chi connectivity index (χ2v) is 9.81. The Kier molecular flexibility index (Phi) is 12.5. The van der Waals surface area contributed by atoms with Crippen molar-refractivity contribution in [2.75, 3.05) is 0 Å². The molecule has 0 N–H and O–H groups in total. The summed E-state index contributed by atoms with van der Waals surface area (Å²) in [4.78, 5) is 1.38. The van der Waals surface area contributed by atoms with Crippen molar-refractivity contribution in [3.05, 3.63) is 39.4 Å². The van der Waals surface area contributed by atoms with Gasteiger partial charge in [-0.1, -0.05) is 0 Å². The summed E-state index contributed by atoms with van der Waals surface area (Å²) in [6.45, 7) is 4.60. The van der Waals surface area contributed by atoms with Gasteiger partial charge in [0.25, 0.3) is 0 Å². The molecule has 2 heteroatoms. The van der Waals surface area contributed by atoms with Gasteiger partial charge in [-0.25, -0.2) is 0 Å². The molecule has 0 fully saturated rings. The van der Waals surface area contributed by atoms with Gasteiger partial charge in [-0.2, -0.15) is 0 Å². The van der Waals surface area contributed by atoms with Crippen molar-refractivity contribution < 1.29 is 0 Å². The van der Waals surface area contributed by atoms with Crippen molar-refractivity contribution in [2.45, 2.75) is 74.6 Å². The molecule has 0 bridgehead atoms. The van der Waals surface area contributed by atoms with E-state index in [1.807, 2.05) is 11.8 Å². The molecule has 0 saturated heterocycles. The van der Waals surface area contributed by atoms with Crippen LogP contribution >= 0.6 is 11.8 Å². The molecular formula is C19H30STe. The molecule has 118 valence electrons. The van der Waals surface area contributed by atoms with E-state index in [0.29, 0.717) is 0 Å². The Morgan fingerprint density at radius 1 is 0.952 bits per heavy atom. The van der Waals surface area contributed by atoms with Gasteiger partial charge in [-0.05, 0) is 0 Å². The van der Waals surface area contributed by atoms with Gasteiger partial charge in [0.1, 0.15) is 0 Å². The maximum atomic E-state index is 2.48. The monoisotopic (exact) mass is 420 g/mol. The average Bonchev–Trinajstić information content (AvgIpc) is 2.53. The first-order valence-electron chi connectivity index (χ1n) is 8.40. The number of allylic oxidation sites excluding steroid dienone is 1. The quantitative estimate of drug-likeness (QED) is 0.202. The molecule has 0 spiro atoms. The van der Waals surface area contributed by atoms with Crippen LogP contribution in [-0.4, -0.2) is 20.9 Å². The van der Waals surface area contributed by atoms with Gasteiger partial charge >= 0.3 is 147 Å². The number of benzene rings is 1. The SMILES string of the molecule is CCCCCCC/C(=C/Sc1ccccc1)[Te]CCCC. The van der Waals surface area contributed by atoms with Gasteiger partial charge < -0.3 is 0 Å². The molecule has 0 aliphatic carbocycles. The van der Waals surface area contributed by atoms with E-state index < -0.39 is 0 Å². The third-order valence-electron chi connectivity index (χ3n) is 3.38. The molecule has 1 rings (SSSR count). The fourth-order valence-electron chi connectivity index (χ4n) is 2.05. The Morgan fingerprint density at radius 2 is 1.67 bits per heavy atom. The molecule has 0 atom stereocenters. The summed E-state index contributed by atoms with van der Waals surface area (Å²) in [5.41, 5.74) is 0. The van der Waals surface area contributed by atoms with Crippen molar-refractivity contribution in [1.29, 1.82) is 0 Å². The zero-order valence-corrected chi connectivity index (χ0v) is 16.8. The fourth-order valence-corrected chi connectivity index (χ4v) is 6.62. The number of rotatable bonds is 12. The summed E-state index contributed by atoms with van der Waals surface area (Å²) in [6, 6.07) is 10.8. The van der Waals surface area contributed by atoms with Crippen molar-refractivity contribution in [2.24, 2.45) is 0 Å². The minimum absolute atomic E-state index is 0.0820. The normalized spacial score (nSPS) is 11.8. The van der Waals surface area contributed by atoms with Crippen LogP contribution in [0, 0.1) is 0 Å². The Bertz CT molecular complexity index is 372. The number of hydrogen-bond acceptors (Lipinski definition) is 1.